The van der Waals surface area contributed by atoms with E-state index < -0.39 is 17.5 Å². The van der Waals surface area contributed by atoms with Crippen molar-refractivity contribution in [3.63, 3.8) is 0 Å². The maximum Gasteiger partial charge on any atom is 0.244 e. The Morgan fingerprint density at radius 3 is 2.54 bits per heavy atom. The first-order valence-corrected chi connectivity index (χ1v) is 7.45. The molecule has 0 atom stereocenters. The van der Waals surface area contributed by atoms with E-state index in [4.69, 9.17) is 11.6 Å². The quantitative estimate of drug-likeness (QED) is 0.906. The summed E-state index contributed by atoms with van der Waals surface area (Å²) in [6.07, 6.45) is 0. The second-order valence-corrected chi connectivity index (χ2v) is 5.57. The molecule has 4 nitrogen and oxygen atoms in total. The number of amides is 2. The molecule has 0 unspecified atom stereocenters. The summed E-state index contributed by atoms with van der Waals surface area (Å²) in [6, 6.07) is 7.81. The average Bonchev–Trinajstić information content (AvgIpc) is 2.50. The number of hydrogen-bond acceptors (Lipinski definition) is 2. The van der Waals surface area contributed by atoms with Crippen LogP contribution in [-0.2, 0) is 9.59 Å². The number of nitrogens with zero attached hydrogens (tertiary/aromatic N) is 1. The highest BCUT2D eigenvalue weighted by Gasteiger charge is 2.19. The van der Waals surface area contributed by atoms with Crippen LogP contribution in [-0.4, -0.2) is 18.4 Å². The molecule has 2 amide bonds. The van der Waals surface area contributed by atoms with Gasteiger partial charge in [-0.25, -0.2) is 8.78 Å². The standard InChI is InChI=1S/C17H15ClF2N2O2/c1-10-13(18)4-3-5-16(10)22(11(2)23)9-17(24)21-15-7-6-12(19)8-14(15)20/h3-8H,9H2,1-2H3,(H,21,24). The summed E-state index contributed by atoms with van der Waals surface area (Å²) < 4.78 is 26.5. The zero-order chi connectivity index (χ0) is 17.9. The first-order chi connectivity index (χ1) is 11.3. The van der Waals surface area contributed by atoms with Gasteiger partial charge in [-0.2, -0.15) is 0 Å². The highest BCUT2D eigenvalue weighted by atomic mass is 35.5. The molecule has 0 saturated carbocycles. The van der Waals surface area contributed by atoms with Gasteiger partial charge in [-0.05, 0) is 36.8 Å². The number of halogens is 3. The second-order valence-electron chi connectivity index (χ2n) is 5.16. The van der Waals surface area contributed by atoms with Gasteiger partial charge < -0.3 is 10.2 Å². The lowest BCUT2D eigenvalue weighted by molar-refractivity contribution is -0.120. The first-order valence-electron chi connectivity index (χ1n) is 7.07. The van der Waals surface area contributed by atoms with Crippen LogP contribution in [0.4, 0.5) is 20.2 Å². The van der Waals surface area contributed by atoms with E-state index in [-0.39, 0.29) is 18.1 Å². The molecule has 2 aromatic rings. The van der Waals surface area contributed by atoms with E-state index >= 15 is 0 Å². The van der Waals surface area contributed by atoms with Crippen molar-refractivity contribution in [1.29, 1.82) is 0 Å². The largest absolute Gasteiger partial charge is 0.322 e. The molecule has 0 aromatic heterocycles. The molecule has 0 radical (unpaired) electrons. The van der Waals surface area contributed by atoms with Gasteiger partial charge in [-0.1, -0.05) is 17.7 Å². The number of carbonyl (C=O) groups is 2. The van der Waals surface area contributed by atoms with Gasteiger partial charge in [0.1, 0.15) is 18.2 Å². The molecule has 7 heteroatoms. The third-order valence-corrected chi connectivity index (χ3v) is 3.83. The third-order valence-electron chi connectivity index (χ3n) is 3.42. The van der Waals surface area contributed by atoms with E-state index in [1.807, 2.05) is 0 Å². The lowest BCUT2D eigenvalue weighted by Crippen LogP contribution is -2.37. The van der Waals surface area contributed by atoms with Gasteiger partial charge in [0.2, 0.25) is 11.8 Å². The number of rotatable bonds is 4. The summed E-state index contributed by atoms with van der Waals surface area (Å²) >= 11 is 6.04. The lowest BCUT2D eigenvalue weighted by Gasteiger charge is -2.23. The predicted molar refractivity (Wildman–Crippen MR) is 89.2 cm³/mol. The number of anilines is 2. The van der Waals surface area contributed by atoms with Gasteiger partial charge in [0.05, 0.1) is 5.69 Å². The first kappa shape index (κ1) is 17.9. The maximum absolute atomic E-state index is 13.6. The molecule has 2 aromatic carbocycles. The topological polar surface area (TPSA) is 49.4 Å². The Hall–Kier alpha value is -2.47. The zero-order valence-corrected chi connectivity index (χ0v) is 13.8. The van der Waals surface area contributed by atoms with Crippen molar-refractivity contribution in [2.75, 3.05) is 16.8 Å². The summed E-state index contributed by atoms with van der Waals surface area (Å²) in [5, 5.41) is 2.78. The summed E-state index contributed by atoms with van der Waals surface area (Å²) in [5.41, 5.74) is 0.979. The molecule has 0 heterocycles. The van der Waals surface area contributed by atoms with Gasteiger partial charge in [-0.3, -0.25) is 9.59 Å². The molecular weight excluding hydrogens is 338 g/mol. The van der Waals surface area contributed by atoms with Crippen molar-refractivity contribution >= 4 is 34.8 Å². The molecule has 0 aliphatic carbocycles. The Morgan fingerprint density at radius 2 is 1.92 bits per heavy atom. The van der Waals surface area contributed by atoms with Crippen LogP contribution in [0.2, 0.25) is 5.02 Å². The van der Waals surface area contributed by atoms with Crippen molar-refractivity contribution in [1.82, 2.24) is 0 Å². The second kappa shape index (κ2) is 7.40. The van der Waals surface area contributed by atoms with Crippen LogP contribution >= 0.6 is 11.6 Å². The predicted octanol–water partition coefficient (Wildman–Crippen LogP) is 3.92. The van der Waals surface area contributed by atoms with Gasteiger partial charge >= 0.3 is 0 Å². The normalized spacial score (nSPS) is 10.4. The van der Waals surface area contributed by atoms with E-state index in [0.29, 0.717) is 22.3 Å². The summed E-state index contributed by atoms with van der Waals surface area (Å²) in [5.74, 6) is -2.62. The Balaban J connectivity index is 2.20. The monoisotopic (exact) mass is 352 g/mol. The third kappa shape index (κ3) is 4.08. The van der Waals surface area contributed by atoms with Gasteiger partial charge in [0.15, 0.2) is 0 Å². The Morgan fingerprint density at radius 1 is 1.21 bits per heavy atom. The lowest BCUT2D eigenvalue weighted by atomic mass is 10.1. The van der Waals surface area contributed by atoms with Gasteiger partial charge in [0, 0.05) is 23.7 Å². The minimum atomic E-state index is -0.892. The Kier molecular flexibility index (Phi) is 5.51. The SMILES string of the molecule is CC(=O)N(CC(=O)Nc1ccc(F)cc1F)c1cccc(Cl)c1C. The fourth-order valence-corrected chi connectivity index (χ4v) is 2.35. The van der Waals surface area contributed by atoms with Gasteiger partial charge in [-0.15, -0.1) is 0 Å². The van der Waals surface area contributed by atoms with E-state index in [1.54, 1.807) is 25.1 Å². The van der Waals surface area contributed by atoms with Crippen LogP contribution in [0.15, 0.2) is 36.4 Å². The van der Waals surface area contributed by atoms with Crippen molar-refractivity contribution in [3.8, 4) is 0 Å². The molecule has 0 bridgehead atoms. The highest BCUT2D eigenvalue weighted by molar-refractivity contribution is 6.31. The minimum Gasteiger partial charge on any atom is -0.322 e. The minimum absolute atomic E-state index is 0.160. The van der Waals surface area contributed by atoms with E-state index in [1.165, 1.54) is 11.8 Å². The van der Waals surface area contributed by atoms with Crippen molar-refractivity contribution in [3.05, 3.63) is 58.6 Å². The molecule has 2 rings (SSSR count). The smallest absolute Gasteiger partial charge is 0.244 e. The maximum atomic E-state index is 13.6. The molecule has 24 heavy (non-hydrogen) atoms. The summed E-state index contributed by atoms with van der Waals surface area (Å²) in [7, 11) is 0. The molecular formula is C17H15ClF2N2O2. The Labute approximate surface area is 143 Å². The average molecular weight is 353 g/mol. The van der Waals surface area contributed by atoms with Crippen molar-refractivity contribution in [2.24, 2.45) is 0 Å². The molecule has 0 aliphatic heterocycles. The van der Waals surface area contributed by atoms with E-state index in [0.717, 1.165) is 12.1 Å². The van der Waals surface area contributed by atoms with Crippen LogP contribution in [0.1, 0.15) is 12.5 Å². The molecule has 0 fully saturated rings. The van der Waals surface area contributed by atoms with Crippen LogP contribution in [0.3, 0.4) is 0 Å². The van der Waals surface area contributed by atoms with E-state index in [2.05, 4.69) is 5.32 Å². The summed E-state index contributed by atoms with van der Waals surface area (Å²) in [4.78, 5) is 25.3. The molecule has 0 aliphatic rings. The molecule has 126 valence electrons. The number of carbonyl (C=O) groups excluding carboxylic acids is 2. The van der Waals surface area contributed by atoms with Crippen molar-refractivity contribution < 1.29 is 18.4 Å². The van der Waals surface area contributed by atoms with Gasteiger partial charge in [0.25, 0.3) is 0 Å². The van der Waals surface area contributed by atoms with Crippen molar-refractivity contribution in [2.45, 2.75) is 13.8 Å². The fraction of sp³-hybridized carbons (Fsp3) is 0.176. The molecule has 0 saturated heterocycles. The number of hydrogen-bond donors (Lipinski definition) is 1. The number of nitrogens with one attached hydrogen (secondary N) is 1. The van der Waals surface area contributed by atoms with Crippen LogP contribution in [0, 0.1) is 18.6 Å². The van der Waals surface area contributed by atoms with Crippen LogP contribution in [0.5, 0.6) is 0 Å². The summed E-state index contributed by atoms with van der Waals surface area (Å²) in [6.45, 7) is 2.71. The van der Waals surface area contributed by atoms with Crippen LogP contribution < -0.4 is 10.2 Å². The van der Waals surface area contributed by atoms with E-state index in [9.17, 15) is 18.4 Å². The highest BCUT2D eigenvalue weighted by Crippen LogP contribution is 2.26. The zero-order valence-electron chi connectivity index (χ0n) is 13.1. The molecule has 1 N–H and O–H groups in total. The Bertz CT molecular complexity index is 796. The number of benzene rings is 2. The molecule has 0 spiro atoms. The van der Waals surface area contributed by atoms with Crippen LogP contribution in [0.25, 0.3) is 0 Å². The fourth-order valence-electron chi connectivity index (χ4n) is 2.18.